The van der Waals surface area contributed by atoms with Crippen LogP contribution in [0.25, 0.3) is 0 Å². The summed E-state index contributed by atoms with van der Waals surface area (Å²) < 4.78 is 0. The van der Waals surface area contributed by atoms with Crippen molar-refractivity contribution < 1.29 is 48.7 Å². The van der Waals surface area contributed by atoms with Crippen LogP contribution in [0.1, 0.15) is 0 Å². The van der Waals surface area contributed by atoms with E-state index >= 15 is 0 Å². The topological polar surface area (TPSA) is 203 Å². The number of rotatable bonds is 0. The molecule has 0 bridgehead atoms. The van der Waals surface area contributed by atoms with Crippen molar-refractivity contribution in [3.63, 3.8) is 0 Å². The summed E-state index contributed by atoms with van der Waals surface area (Å²) in [6.07, 6.45) is 0. The van der Waals surface area contributed by atoms with E-state index in [0.29, 0.717) is 0 Å². The van der Waals surface area contributed by atoms with Gasteiger partial charge in [-0.05, 0) is 0 Å². The Hall–Kier alpha value is 1.02. The maximum atomic E-state index is 0. The van der Waals surface area contributed by atoms with Crippen molar-refractivity contribution in [2.24, 2.45) is 0 Å². The van der Waals surface area contributed by atoms with Gasteiger partial charge in [0, 0.05) is 37.7 Å². The molecule has 0 spiro atoms. The third kappa shape index (κ3) is 170. The smallest absolute Gasteiger partial charge is 0 e. The summed E-state index contributed by atoms with van der Waals surface area (Å²) in [7, 11) is 0. The zero-order chi connectivity index (χ0) is 0. The SMILES string of the molecule is N.N.N.N.O.O.[Ar]. The third-order valence-corrected chi connectivity index (χ3v) is 0. The van der Waals surface area contributed by atoms with E-state index < -0.39 is 0 Å². The summed E-state index contributed by atoms with van der Waals surface area (Å²) in [6.45, 7) is 0. The molecule has 56 valence electrons. The Morgan fingerprint density at radius 3 is 0.429 bits per heavy atom. The van der Waals surface area contributed by atoms with Crippen LogP contribution in [0.15, 0.2) is 0 Å². The Bertz CT molecular complexity index is 9.65. The van der Waals surface area contributed by atoms with Gasteiger partial charge in [0.15, 0.2) is 0 Å². The first-order valence-electron chi connectivity index (χ1n) is 0. The van der Waals surface area contributed by atoms with Gasteiger partial charge >= 0.3 is 0 Å². The van der Waals surface area contributed by atoms with Gasteiger partial charge in [-0.1, -0.05) is 0 Å². The predicted octanol–water partition coefficient (Wildman–Crippen LogP) is -1.00. The molecule has 0 aromatic rings. The van der Waals surface area contributed by atoms with E-state index in [1.165, 1.54) is 0 Å². The normalized spacial score (nSPS) is 0. The standard InChI is InChI=1S/Ar.4H3N.2H2O/h;4*1H3;2*1H2. The molecule has 0 radical (unpaired) electrons. The van der Waals surface area contributed by atoms with E-state index in [4.69, 9.17) is 0 Å². The van der Waals surface area contributed by atoms with Crippen LogP contribution in [-0.2, 0) is 0 Å². The molecule has 0 aromatic heterocycles. The van der Waals surface area contributed by atoms with Crippen molar-refractivity contribution in [3.8, 4) is 0 Å². The summed E-state index contributed by atoms with van der Waals surface area (Å²) in [5.74, 6) is 0. The van der Waals surface area contributed by atoms with Crippen molar-refractivity contribution in [3.05, 3.63) is 0 Å². The van der Waals surface area contributed by atoms with Gasteiger partial charge in [-0.2, -0.15) is 0 Å². The van der Waals surface area contributed by atoms with Crippen LogP contribution < -0.4 is 24.6 Å². The molecule has 0 rings (SSSR count). The van der Waals surface area contributed by atoms with Gasteiger partial charge in [0.05, 0.1) is 0 Å². The van der Waals surface area contributed by atoms with Gasteiger partial charge in [-0.3, -0.25) is 0 Å². The Kier molecular flexibility index (Phi) is 13300. The Morgan fingerprint density at radius 2 is 0.429 bits per heavy atom. The Morgan fingerprint density at radius 1 is 0.429 bits per heavy atom. The van der Waals surface area contributed by atoms with Crippen molar-refractivity contribution in [2.45, 2.75) is 0 Å². The van der Waals surface area contributed by atoms with Crippen LogP contribution in [0.3, 0.4) is 0 Å². The molecule has 0 fully saturated rings. The average molecular weight is 144 g/mol. The van der Waals surface area contributed by atoms with Crippen LogP contribution in [0.4, 0.5) is 0 Å². The van der Waals surface area contributed by atoms with Crippen molar-refractivity contribution in [1.29, 1.82) is 0 Å². The van der Waals surface area contributed by atoms with Crippen molar-refractivity contribution >= 4 is 0 Å². The summed E-state index contributed by atoms with van der Waals surface area (Å²) in [5.41, 5.74) is 0. The second-order valence-corrected chi connectivity index (χ2v) is 0. The van der Waals surface area contributed by atoms with E-state index in [-0.39, 0.29) is 73.3 Å². The van der Waals surface area contributed by atoms with E-state index in [0.717, 1.165) is 0 Å². The quantitative estimate of drug-likeness (QED) is 0.337. The molecule has 6 nitrogen and oxygen atoms in total. The minimum Gasteiger partial charge on any atom is -0.412 e. The Balaban J connectivity index is 0. The van der Waals surface area contributed by atoms with Crippen LogP contribution in [-0.4, -0.2) is 11.0 Å². The van der Waals surface area contributed by atoms with Gasteiger partial charge < -0.3 is 35.6 Å². The first-order valence-corrected chi connectivity index (χ1v) is 0. The molecule has 0 aliphatic carbocycles. The second kappa shape index (κ2) is 245. The summed E-state index contributed by atoms with van der Waals surface area (Å²) in [6, 6.07) is 0. The molecule has 7 heavy (non-hydrogen) atoms. The maximum absolute atomic E-state index is 0. The fourth-order valence-corrected chi connectivity index (χ4v) is 0. The van der Waals surface area contributed by atoms with Gasteiger partial charge in [0.25, 0.3) is 0 Å². The average Bonchev–Trinajstić information content (AvgIpc) is 0. The fourth-order valence-electron chi connectivity index (χ4n) is 0. The second-order valence-electron chi connectivity index (χ2n) is 0. The zero-order valence-corrected chi connectivity index (χ0v) is 4.89. The van der Waals surface area contributed by atoms with Gasteiger partial charge in [0.2, 0.25) is 0 Å². The molecular weight excluding hydrogens is 128 g/mol. The predicted molar refractivity (Wildman–Crippen MR) is 27.3 cm³/mol. The van der Waals surface area contributed by atoms with E-state index in [1.807, 2.05) is 0 Å². The monoisotopic (exact) mass is 144 g/mol. The molecule has 0 aliphatic rings. The van der Waals surface area contributed by atoms with Crippen molar-refractivity contribution in [2.75, 3.05) is 0 Å². The molecule has 0 atom stereocenters. The van der Waals surface area contributed by atoms with Gasteiger partial charge in [-0.25, -0.2) is 0 Å². The van der Waals surface area contributed by atoms with Crippen LogP contribution in [0.5, 0.6) is 0 Å². The summed E-state index contributed by atoms with van der Waals surface area (Å²) in [5, 5.41) is 0. The van der Waals surface area contributed by atoms with Crippen molar-refractivity contribution in [1.82, 2.24) is 24.6 Å². The van der Waals surface area contributed by atoms with E-state index in [9.17, 15) is 0 Å². The van der Waals surface area contributed by atoms with Crippen LogP contribution >= 0.6 is 0 Å². The first kappa shape index (κ1) is 380. The molecule has 0 heterocycles. The first-order chi connectivity index (χ1) is 0. The molecule has 16 N–H and O–H groups in total. The van der Waals surface area contributed by atoms with Gasteiger partial charge in [-0.15, -0.1) is 0 Å². The summed E-state index contributed by atoms with van der Waals surface area (Å²) >= 11 is 0. The zero-order valence-electron chi connectivity index (χ0n) is 4.18. The third-order valence-electron chi connectivity index (χ3n) is 0. The molecule has 0 unspecified atom stereocenters. The molecule has 0 saturated carbocycles. The minimum absolute atomic E-state index is 0. The van der Waals surface area contributed by atoms with Gasteiger partial charge in [0.1, 0.15) is 0 Å². The van der Waals surface area contributed by atoms with E-state index in [2.05, 4.69) is 0 Å². The number of hydrogen-bond acceptors (Lipinski definition) is 4. The maximum Gasteiger partial charge on any atom is 0 e. The van der Waals surface area contributed by atoms with Crippen LogP contribution in [0.2, 0.25) is 0 Å². The Labute approximate surface area is 73.0 Å². The fraction of sp³-hybridized carbons (Fsp3) is 0. The largest absolute Gasteiger partial charge is 0.412 e. The number of hydrogen-bond donors (Lipinski definition) is 4. The molecule has 0 aliphatic heterocycles. The summed E-state index contributed by atoms with van der Waals surface area (Å²) in [4.78, 5) is 0. The van der Waals surface area contributed by atoms with Crippen LogP contribution in [0, 0.1) is 37.7 Å². The van der Waals surface area contributed by atoms with E-state index in [1.54, 1.807) is 0 Å². The molecule has 0 amide bonds. The molecule has 0 aromatic carbocycles. The molecule has 0 saturated heterocycles. The minimum atomic E-state index is 0. The molecular formula is H16ArN4O2. The molecule has 7 heteroatoms.